The van der Waals surface area contributed by atoms with Gasteiger partial charge < -0.3 is 10.8 Å². The monoisotopic (exact) mass is 204 g/mol. The quantitative estimate of drug-likeness (QED) is 0.700. The van der Waals surface area contributed by atoms with Crippen molar-refractivity contribution in [2.45, 2.75) is 6.42 Å². The topological polar surface area (TPSA) is 70.0 Å². The molecule has 14 heavy (non-hydrogen) atoms. The molecule has 0 atom stereocenters. The maximum atomic E-state index is 9.33. The zero-order chi connectivity index (χ0) is 10.1. The van der Waals surface area contributed by atoms with Gasteiger partial charge in [0.05, 0.1) is 12.5 Å². The second-order valence-corrected chi connectivity index (χ2v) is 4.07. The highest BCUT2D eigenvalue weighted by Gasteiger charge is 2.06. The highest BCUT2D eigenvalue weighted by atomic mass is 32.1. The molecular formula is C10H8N2OS. The Morgan fingerprint density at radius 1 is 1.43 bits per heavy atom. The standard InChI is InChI=1S/C10H8N2OS/c11-2-1-6-3-7(12)4-9-8(6)5-10(13)14-9/h3-5,13H,1,12H2. The normalized spacial score (nSPS) is 10.2. The molecule has 0 saturated heterocycles. The van der Waals surface area contributed by atoms with Crippen LogP contribution in [0.25, 0.3) is 10.1 Å². The number of hydrogen-bond donors (Lipinski definition) is 2. The smallest absolute Gasteiger partial charge is 0.172 e. The SMILES string of the molecule is N#CCc1cc(N)cc2sc(O)cc12. The number of nitrogens with two attached hydrogens (primary N) is 1. The van der Waals surface area contributed by atoms with Gasteiger partial charge >= 0.3 is 0 Å². The van der Waals surface area contributed by atoms with Gasteiger partial charge in [0.1, 0.15) is 0 Å². The summed E-state index contributed by atoms with van der Waals surface area (Å²) in [5.41, 5.74) is 7.18. The molecule has 0 bridgehead atoms. The van der Waals surface area contributed by atoms with Crippen molar-refractivity contribution in [1.82, 2.24) is 0 Å². The average molecular weight is 204 g/mol. The molecule has 2 aromatic rings. The maximum Gasteiger partial charge on any atom is 0.172 e. The summed E-state index contributed by atoms with van der Waals surface area (Å²) in [5, 5.41) is 19.1. The molecule has 4 heteroatoms. The first-order valence-electron chi connectivity index (χ1n) is 4.08. The molecule has 3 N–H and O–H groups in total. The van der Waals surface area contributed by atoms with E-state index in [0.29, 0.717) is 12.1 Å². The molecule has 0 aliphatic rings. The van der Waals surface area contributed by atoms with Crippen molar-refractivity contribution in [2.75, 3.05) is 5.73 Å². The minimum atomic E-state index is 0.254. The molecule has 0 spiro atoms. The summed E-state index contributed by atoms with van der Waals surface area (Å²) in [4.78, 5) is 0. The Bertz CT molecular complexity index is 525. The average Bonchev–Trinajstić information content (AvgIpc) is 2.45. The molecule has 1 aromatic heterocycles. The van der Waals surface area contributed by atoms with Crippen molar-refractivity contribution in [1.29, 1.82) is 5.26 Å². The van der Waals surface area contributed by atoms with Crippen molar-refractivity contribution in [3.8, 4) is 11.1 Å². The zero-order valence-electron chi connectivity index (χ0n) is 7.32. The lowest BCUT2D eigenvalue weighted by Gasteiger charge is -1.99. The number of rotatable bonds is 1. The third kappa shape index (κ3) is 1.38. The summed E-state index contributed by atoms with van der Waals surface area (Å²) < 4.78 is 0.924. The Morgan fingerprint density at radius 3 is 2.93 bits per heavy atom. The molecule has 0 radical (unpaired) electrons. The van der Waals surface area contributed by atoms with Crippen molar-refractivity contribution in [3.05, 3.63) is 23.8 Å². The van der Waals surface area contributed by atoms with Crippen LogP contribution >= 0.6 is 11.3 Å². The number of aromatic hydroxyl groups is 1. The Kier molecular flexibility index (Phi) is 2.02. The predicted molar refractivity (Wildman–Crippen MR) is 57.2 cm³/mol. The van der Waals surface area contributed by atoms with E-state index in [-0.39, 0.29) is 5.06 Å². The summed E-state index contributed by atoms with van der Waals surface area (Å²) in [6.07, 6.45) is 0.317. The van der Waals surface area contributed by atoms with E-state index < -0.39 is 0 Å². The van der Waals surface area contributed by atoms with Crippen molar-refractivity contribution >= 4 is 27.1 Å². The number of hydrogen-bond acceptors (Lipinski definition) is 4. The van der Waals surface area contributed by atoms with Crippen LogP contribution in [0, 0.1) is 11.3 Å². The van der Waals surface area contributed by atoms with E-state index in [4.69, 9.17) is 11.0 Å². The molecule has 0 unspecified atom stereocenters. The summed E-state index contributed by atoms with van der Waals surface area (Å²) >= 11 is 1.27. The highest BCUT2D eigenvalue weighted by Crippen LogP contribution is 2.34. The van der Waals surface area contributed by atoms with Crippen LogP contribution in [0.1, 0.15) is 5.56 Å². The Labute approximate surface area is 85.0 Å². The molecule has 3 nitrogen and oxygen atoms in total. The number of anilines is 1. The molecule has 70 valence electrons. The second-order valence-electron chi connectivity index (χ2n) is 3.01. The zero-order valence-corrected chi connectivity index (χ0v) is 8.14. The van der Waals surface area contributed by atoms with Gasteiger partial charge in [-0.1, -0.05) is 11.3 Å². The van der Waals surface area contributed by atoms with Gasteiger partial charge in [0.2, 0.25) is 0 Å². The maximum absolute atomic E-state index is 9.33. The van der Waals surface area contributed by atoms with E-state index in [1.165, 1.54) is 11.3 Å². The van der Waals surface area contributed by atoms with E-state index >= 15 is 0 Å². The van der Waals surface area contributed by atoms with Crippen LogP contribution in [0.5, 0.6) is 5.06 Å². The van der Waals surface area contributed by atoms with Crippen LogP contribution in [-0.4, -0.2) is 5.11 Å². The molecule has 0 saturated carbocycles. The lowest BCUT2D eigenvalue weighted by molar-refractivity contribution is 0.491. The first-order valence-corrected chi connectivity index (χ1v) is 4.90. The minimum absolute atomic E-state index is 0.254. The van der Waals surface area contributed by atoms with E-state index in [1.54, 1.807) is 18.2 Å². The summed E-state index contributed by atoms with van der Waals surface area (Å²) in [7, 11) is 0. The summed E-state index contributed by atoms with van der Waals surface area (Å²) in [5.74, 6) is 0. The van der Waals surface area contributed by atoms with E-state index in [2.05, 4.69) is 6.07 Å². The lowest BCUT2D eigenvalue weighted by atomic mass is 10.1. The third-order valence-corrected chi connectivity index (χ3v) is 2.89. The van der Waals surface area contributed by atoms with Crippen LogP contribution in [0.3, 0.4) is 0 Å². The first kappa shape index (κ1) is 8.85. The van der Waals surface area contributed by atoms with Crippen molar-refractivity contribution in [2.24, 2.45) is 0 Å². The number of fused-ring (bicyclic) bond motifs is 1. The lowest BCUT2D eigenvalue weighted by Crippen LogP contribution is -1.88. The van der Waals surface area contributed by atoms with Gasteiger partial charge in [-0.05, 0) is 23.8 Å². The van der Waals surface area contributed by atoms with Crippen molar-refractivity contribution < 1.29 is 5.11 Å². The van der Waals surface area contributed by atoms with Gasteiger partial charge in [-0.2, -0.15) is 5.26 Å². The van der Waals surface area contributed by atoms with E-state index in [9.17, 15) is 5.11 Å². The largest absolute Gasteiger partial charge is 0.499 e. The van der Waals surface area contributed by atoms with Crippen LogP contribution in [0.15, 0.2) is 18.2 Å². The summed E-state index contributed by atoms with van der Waals surface area (Å²) in [6.45, 7) is 0. The van der Waals surface area contributed by atoms with E-state index in [0.717, 1.165) is 15.6 Å². The fourth-order valence-corrected chi connectivity index (χ4v) is 2.35. The molecular weight excluding hydrogens is 196 g/mol. The Morgan fingerprint density at radius 2 is 2.21 bits per heavy atom. The molecule has 0 aliphatic carbocycles. The molecule has 0 aliphatic heterocycles. The predicted octanol–water partition coefficient (Wildman–Crippen LogP) is 2.26. The number of nitrogen functional groups attached to an aromatic ring is 1. The van der Waals surface area contributed by atoms with Gasteiger partial charge in [-0.15, -0.1) is 0 Å². The Hall–Kier alpha value is -1.73. The fourth-order valence-electron chi connectivity index (χ4n) is 1.45. The number of thiophene rings is 1. The van der Waals surface area contributed by atoms with E-state index in [1.807, 2.05) is 0 Å². The van der Waals surface area contributed by atoms with Gasteiger partial charge in [0.25, 0.3) is 0 Å². The van der Waals surface area contributed by atoms with Crippen molar-refractivity contribution in [3.63, 3.8) is 0 Å². The number of nitrogens with zero attached hydrogens (tertiary/aromatic N) is 1. The van der Waals surface area contributed by atoms with Gasteiger partial charge in [0.15, 0.2) is 5.06 Å². The molecule has 2 rings (SSSR count). The molecule has 1 heterocycles. The first-order chi connectivity index (χ1) is 6.70. The van der Waals surface area contributed by atoms with Crippen LogP contribution in [0.2, 0.25) is 0 Å². The van der Waals surface area contributed by atoms with Crippen LogP contribution in [-0.2, 0) is 6.42 Å². The van der Waals surface area contributed by atoms with Gasteiger partial charge in [0, 0.05) is 15.8 Å². The minimum Gasteiger partial charge on any atom is -0.499 e. The second kappa shape index (κ2) is 3.20. The molecule has 0 fully saturated rings. The Balaban J connectivity index is 2.74. The van der Waals surface area contributed by atoms with Crippen LogP contribution < -0.4 is 5.73 Å². The molecule has 1 aromatic carbocycles. The fraction of sp³-hybridized carbons (Fsp3) is 0.100. The highest BCUT2D eigenvalue weighted by molar-refractivity contribution is 7.20. The van der Waals surface area contributed by atoms with Crippen LogP contribution in [0.4, 0.5) is 5.69 Å². The van der Waals surface area contributed by atoms with Gasteiger partial charge in [-0.3, -0.25) is 0 Å². The number of benzene rings is 1. The summed E-state index contributed by atoms with van der Waals surface area (Å²) in [6, 6.07) is 7.33. The molecule has 0 amide bonds. The third-order valence-electron chi connectivity index (χ3n) is 2.00. The van der Waals surface area contributed by atoms with Gasteiger partial charge in [-0.25, -0.2) is 0 Å². The number of nitriles is 1.